The molecule has 0 fully saturated rings. The van der Waals surface area contributed by atoms with Crippen LogP contribution in [0, 0.1) is 20.8 Å². The maximum atomic E-state index is 4.70. The lowest BCUT2D eigenvalue weighted by molar-refractivity contribution is 0.279. The first-order chi connectivity index (χ1) is 8.49. The van der Waals surface area contributed by atoms with Crippen molar-refractivity contribution < 1.29 is 4.63 Å². The molecule has 0 radical (unpaired) electrons. The van der Waals surface area contributed by atoms with Gasteiger partial charge in [-0.3, -0.25) is 9.58 Å². The van der Waals surface area contributed by atoms with E-state index in [0.717, 1.165) is 30.2 Å². The average molecular weight is 249 g/mol. The largest absolute Gasteiger partial charge is 0.296 e. The van der Waals surface area contributed by atoms with Gasteiger partial charge in [-0.05, 0) is 27.8 Å². The monoisotopic (exact) mass is 249 g/mol. The van der Waals surface area contributed by atoms with Gasteiger partial charge < -0.3 is 0 Å². The van der Waals surface area contributed by atoms with Gasteiger partial charge in [0.1, 0.15) is 11.4 Å². The molecule has 2 rings (SSSR count). The molecule has 18 heavy (non-hydrogen) atoms. The predicted molar refractivity (Wildman–Crippen MR) is 66.9 cm³/mol. The zero-order chi connectivity index (χ0) is 13.3. The lowest BCUT2D eigenvalue weighted by atomic mass is 10.2. The first kappa shape index (κ1) is 12.8. The number of hydrogen-bond acceptors (Lipinski definition) is 5. The Bertz CT molecular complexity index is 543. The van der Waals surface area contributed by atoms with Crippen LogP contribution in [0.4, 0.5) is 0 Å². The highest BCUT2D eigenvalue weighted by molar-refractivity contribution is 5.24. The summed E-state index contributed by atoms with van der Waals surface area (Å²) in [6.45, 7) is 7.60. The first-order valence-corrected chi connectivity index (χ1v) is 5.94. The van der Waals surface area contributed by atoms with Gasteiger partial charge in [0.2, 0.25) is 0 Å². The minimum Gasteiger partial charge on any atom is -0.296 e. The van der Waals surface area contributed by atoms with Crippen molar-refractivity contribution in [3.8, 4) is 0 Å². The van der Waals surface area contributed by atoms with Gasteiger partial charge in [-0.25, -0.2) is 4.63 Å². The van der Waals surface area contributed by atoms with Crippen molar-refractivity contribution in [2.45, 2.75) is 33.9 Å². The standard InChI is InChI=1S/C12H19N5O/c1-8-11(10(3)17(5)13-8)6-16(4)7-12-9(2)14-18-15-12/h6-7H2,1-5H3. The van der Waals surface area contributed by atoms with Crippen LogP contribution in [0.15, 0.2) is 4.63 Å². The molecule has 0 spiro atoms. The van der Waals surface area contributed by atoms with E-state index in [-0.39, 0.29) is 0 Å². The van der Waals surface area contributed by atoms with E-state index in [9.17, 15) is 0 Å². The van der Waals surface area contributed by atoms with E-state index in [1.807, 2.05) is 25.6 Å². The minimum atomic E-state index is 0.725. The fourth-order valence-corrected chi connectivity index (χ4v) is 2.02. The molecular weight excluding hydrogens is 230 g/mol. The van der Waals surface area contributed by atoms with E-state index in [1.54, 1.807) is 0 Å². The summed E-state index contributed by atoms with van der Waals surface area (Å²) in [6, 6.07) is 0. The number of nitrogens with zero attached hydrogens (tertiary/aromatic N) is 5. The molecule has 0 bridgehead atoms. The minimum absolute atomic E-state index is 0.725. The van der Waals surface area contributed by atoms with Crippen LogP contribution < -0.4 is 0 Å². The Kier molecular flexibility index (Phi) is 3.47. The van der Waals surface area contributed by atoms with Gasteiger partial charge in [0, 0.05) is 31.4 Å². The number of aryl methyl sites for hydroxylation is 3. The second-order valence-electron chi connectivity index (χ2n) is 4.74. The smallest absolute Gasteiger partial charge is 0.122 e. The van der Waals surface area contributed by atoms with Crippen LogP contribution >= 0.6 is 0 Å². The van der Waals surface area contributed by atoms with Gasteiger partial charge in [0.15, 0.2) is 0 Å². The fraction of sp³-hybridized carbons (Fsp3) is 0.583. The van der Waals surface area contributed by atoms with Crippen LogP contribution in [-0.2, 0) is 20.1 Å². The van der Waals surface area contributed by atoms with E-state index in [0.29, 0.717) is 0 Å². The molecule has 0 aliphatic rings. The molecule has 0 saturated carbocycles. The van der Waals surface area contributed by atoms with Crippen LogP contribution in [0.5, 0.6) is 0 Å². The van der Waals surface area contributed by atoms with E-state index in [4.69, 9.17) is 4.63 Å². The normalized spacial score (nSPS) is 11.4. The van der Waals surface area contributed by atoms with Gasteiger partial charge in [-0.15, -0.1) is 0 Å². The lowest BCUT2D eigenvalue weighted by Gasteiger charge is -2.15. The summed E-state index contributed by atoms with van der Waals surface area (Å²) in [5.41, 5.74) is 5.29. The van der Waals surface area contributed by atoms with Crippen molar-refractivity contribution in [1.29, 1.82) is 0 Å². The van der Waals surface area contributed by atoms with Crippen molar-refractivity contribution in [3.05, 3.63) is 28.3 Å². The third-order valence-electron chi connectivity index (χ3n) is 3.25. The summed E-state index contributed by atoms with van der Waals surface area (Å²) < 4.78 is 6.62. The first-order valence-electron chi connectivity index (χ1n) is 5.94. The van der Waals surface area contributed by atoms with Crippen molar-refractivity contribution in [2.75, 3.05) is 7.05 Å². The molecule has 0 N–H and O–H groups in total. The van der Waals surface area contributed by atoms with E-state index in [1.165, 1.54) is 11.3 Å². The van der Waals surface area contributed by atoms with Crippen LogP contribution in [0.1, 0.15) is 28.3 Å². The number of rotatable bonds is 4. The number of hydrogen-bond donors (Lipinski definition) is 0. The van der Waals surface area contributed by atoms with Gasteiger partial charge in [-0.2, -0.15) is 5.10 Å². The highest BCUT2D eigenvalue weighted by atomic mass is 16.6. The molecule has 0 amide bonds. The van der Waals surface area contributed by atoms with Crippen LogP contribution in [0.3, 0.4) is 0 Å². The van der Waals surface area contributed by atoms with Crippen molar-refractivity contribution in [2.24, 2.45) is 7.05 Å². The molecule has 0 aliphatic heterocycles. The summed E-state index contributed by atoms with van der Waals surface area (Å²) in [5, 5.41) is 12.1. The van der Waals surface area contributed by atoms with Gasteiger partial charge >= 0.3 is 0 Å². The zero-order valence-electron chi connectivity index (χ0n) is 11.6. The third-order valence-corrected chi connectivity index (χ3v) is 3.25. The maximum Gasteiger partial charge on any atom is 0.122 e. The molecule has 98 valence electrons. The number of aromatic nitrogens is 4. The van der Waals surface area contributed by atoms with Gasteiger partial charge in [0.25, 0.3) is 0 Å². The molecule has 6 nitrogen and oxygen atoms in total. The van der Waals surface area contributed by atoms with Crippen molar-refractivity contribution in [3.63, 3.8) is 0 Å². The summed E-state index contributed by atoms with van der Waals surface area (Å²) in [4.78, 5) is 2.18. The van der Waals surface area contributed by atoms with Gasteiger partial charge in [-0.1, -0.05) is 10.3 Å². The molecule has 0 aliphatic carbocycles. The second kappa shape index (κ2) is 4.89. The molecule has 2 heterocycles. The van der Waals surface area contributed by atoms with Crippen LogP contribution in [0.2, 0.25) is 0 Å². The molecule has 2 aromatic heterocycles. The Morgan fingerprint density at radius 3 is 2.33 bits per heavy atom. The van der Waals surface area contributed by atoms with Gasteiger partial charge in [0.05, 0.1) is 5.69 Å². The molecule has 6 heteroatoms. The molecule has 2 aromatic rings. The molecule has 0 atom stereocenters. The fourth-order valence-electron chi connectivity index (χ4n) is 2.02. The average Bonchev–Trinajstić information content (AvgIpc) is 2.79. The lowest BCUT2D eigenvalue weighted by Crippen LogP contribution is -2.19. The Morgan fingerprint density at radius 1 is 1.11 bits per heavy atom. The summed E-state index contributed by atoms with van der Waals surface area (Å²) in [7, 11) is 4.03. The van der Waals surface area contributed by atoms with E-state index in [2.05, 4.69) is 34.3 Å². The van der Waals surface area contributed by atoms with E-state index >= 15 is 0 Å². The molecule has 0 unspecified atom stereocenters. The summed E-state index contributed by atoms with van der Waals surface area (Å²) in [5.74, 6) is 0. The quantitative estimate of drug-likeness (QED) is 0.818. The molecule has 0 aromatic carbocycles. The predicted octanol–water partition coefficient (Wildman–Crippen LogP) is 1.36. The SMILES string of the molecule is Cc1nonc1CN(C)Cc1c(C)nn(C)c1C. The second-order valence-corrected chi connectivity index (χ2v) is 4.74. The third kappa shape index (κ3) is 2.43. The Balaban J connectivity index is 2.07. The van der Waals surface area contributed by atoms with Crippen LogP contribution in [-0.4, -0.2) is 32.0 Å². The highest BCUT2D eigenvalue weighted by Gasteiger charge is 2.14. The molecule has 0 saturated heterocycles. The Labute approximate surface area is 107 Å². The summed E-state index contributed by atoms with van der Waals surface area (Å²) >= 11 is 0. The van der Waals surface area contributed by atoms with Crippen molar-refractivity contribution >= 4 is 0 Å². The van der Waals surface area contributed by atoms with Crippen LogP contribution in [0.25, 0.3) is 0 Å². The topological polar surface area (TPSA) is 60.0 Å². The Hall–Kier alpha value is -1.69. The van der Waals surface area contributed by atoms with Crippen molar-refractivity contribution in [1.82, 2.24) is 25.0 Å². The highest BCUT2D eigenvalue weighted by Crippen LogP contribution is 2.15. The maximum absolute atomic E-state index is 4.70. The molecular formula is C12H19N5O. The van der Waals surface area contributed by atoms with E-state index < -0.39 is 0 Å². The zero-order valence-corrected chi connectivity index (χ0v) is 11.6. The summed E-state index contributed by atoms with van der Waals surface area (Å²) in [6.07, 6.45) is 0. The Morgan fingerprint density at radius 2 is 1.83 bits per heavy atom.